The van der Waals surface area contributed by atoms with Crippen molar-refractivity contribution in [3.63, 3.8) is 0 Å². The molecule has 0 aliphatic carbocycles. The van der Waals surface area contributed by atoms with Gasteiger partial charge in [-0.3, -0.25) is 0 Å². The lowest BCUT2D eigenvalue weighted by atomic mass is 9.78. The fraction of sp³-hybridized carbons (Fsp3) is 0.632. The molecule has 3 rings (SSSR count). The van der Waals surface area contributed by atoms with Crippen LogP contribution in [0.15, 0.2) is 73.1 Å². The summed E-state index contributed by atoms with van der Waals surface area (Å²) in [5, 5.41) is 0. The van der Waals surface area contributed by atoms with Crippen molar-refractivity contribution in [3.8, 4) is 0 Å². The molecule has 2 aromatic carbocycles. The Morgan fingerprint density at radius 2 is 0.950 bits per heavy atom. The summed E-state index contributed by atoms with van der Waals surface area (Å²) in [6.45, 7) is 9.31. The molecule has 0 spiro atoms. The predicted octanol–water partition coefficient (Wildman–Crippen LogP) is 11.1. The number of hydrogen-bond acceptors (Lipinski definition) is 2. The Bertz CT molecular complexity index is 908. The smallest absolute Gasteiger partial charge is 0.123 e. The first-order valence-electron chi connectivity index (χ1n) is 17.1. The van der Waals surface area contributed by atoms with E-state index in [0.717, 1.165) is 25.9 Å². The Kier molecular flexibility index (Phi) is 15.3. The number of unbranched alkanes of at least 4 members (excludes halogenated alkanes) is 13. The molecule has 0 saturated carbocycles. The topological polar surface area (TPSA) is 6.48 Å². The summed E-state index contributed by atoms with van der Waals surface area (Å²) in [6, 6.07) is 22.6. The van der Waals surface area contributed by atoms with Crippen LogP contribution in [0, 0.1) is 0 Å². The quantitative estimate of drug-likeness (QED) is 0.136. The zero-order valence-electron chi connectivity index (χ0n) is 26.3. The first kappa shape index (κ1) is 32.3. The number of hydrogen-bond donors (Lipinski definition) is 0. The van der Waals surface area contributed by atoms with Crippen LogP contribution in [-0.4, -0.2) is 28.6 Å². The van der Waals surface area contributed by atoms with Crippen molar-refractivity contribution in [1.82, 2.24) is 9.80 Å². The van der Waals surface area contributed by atoms with Crippen molar-refractivity contribution in [2.24, 2.45) is 0 Å². The third-order valence-corrected chi connectivity index (χ3v) is 9.15. The van der Waals surface area contributed by atoms with Crippen LogP contribution in [-0.2, 0) is 6.42 Å². The highest BCUT2D eigenvalue weighted by molar-refractivity contribution is 5.30. The van der Waals surface area contributed by atoms with Crippen LogP contribution in [0.1, 0.15) is 141 Å². The van der Waals surface area contributed by atoms with E-state index in [-0.39, 0.29) is 5.66 Å². The minimum absolute atomic E-state index is 0.0534. The summed E-state index contributed by atoms with van der Waals surface area (Å²) < 4.78 is 0. The van der Waals surface area contributed by atoms with Gasteiger partial charge >= 0.3 is 0 Å². The lowest BCUT2D eigenvalue weighted by Crippen LogP contribution is -2.59. The average Bonchev–Trinajstić information content (AvgIpc) is 3.32. The van der Waals surface area contributed by atoms with Crippen molar-refractivity contribution >= 4 is 0 Å². The molecule has 2 heteroatoms. The van der Waals surface area contributed by atoms with E-state index in [4.69, 9.17) is 0 Å². The van der Waals surface area contributed by atoms with Crippen LogP contribution in [0.2, 0.25) is 0 Å². The van der Waals surface area contributed by atoms with E-state index in [1.54, 1.807) is 0 Å². The highest BCUT2D eigenvalue weighted by Gasteiger charge is 2.49. The van der Waals surface area contributed by atoms with E-state index in [0.29, 0.717) is 5.92 Å². The molecule has 2 unspecified atom stereocenters. The maximum absolute atomic E-state index is 2.76. The Hall–Kier alpha value is -2.22. The minimum atomic E-state index is -0.0534. The molecule has 1 heterocycles. The molecular weight excluding hydrogens is 484 g/mol. The van der Waals surface area contributed by atoms with Crippen molar-refractivity contribution in [3.05, 3.63) is 84.2 Å². The number of benzene rings is 2. The van der Waals surface area contributed by atoms with Gasteiger partial charge in [-0.1, -0.05) is 165 Å². The molecule has 0 saturated heterocycles. The molecule has 1 aliphatic heterocycles. The van der Waals surface area contributed by atoms with Crippen molar-refractivity contribution in [2.75, 3.05) is 13.1 Å². The Morgan fingerprint density at radius 1 is 0.525 bits per heavy atom. The van der Waals surface area contributed by atoms with Crippen LogP contribution >= 0.6 is 0 Å². The molecule has 0 N–H and O–H groups in total. The minimum Gasteiger partial charge on any atom is -0.353 e. The predicted molar refractivity (Wildman–Crippen MR) is 176 cm³/mol. The highest BCUT2D eigenvalue weighted by atomic mass is 15.4. The molecule has 0 fully saturated rings. The van der Waals surface area contributed by atoms with E-state index in [9.17, 15) is 0 Å². The third kappa shape index (κ3) is 9.71. The monoisotopic (exact) mass is 544 g/mol. The normalized spacial score (nSPS) is 17.6. The summed E-state index contributed by atoms with van der Waals surface area (Å²) >= 11 is 0. The first-order valence-corrected chi connectivity index (χ1v) is 17.1. The zero-order chi connectivity index (χ0) is 28.3. The summed E-state index contributed by atoms with van der Waals surface area (Å²) in [4.78, 5) is 5.50. The van der Waals surface area contributed by atoms with Gasteiger partial charge in [0, 0.05) is 37.8 Å². The fourth-order valence-electron chi connectivity index (χ4n) is 6.91. The van der Waals surface area contributed by atoms with Gasteiger partial charge in [0.1, 0.15) is 5.66 Å². The maximum atomic E-state index is 2.76. The molecule has 1 aliphatic rings. The first-order chi connectivity index (χ1) is 19.8. The second kappa shape index (κ2) is 19.0. The van der Waals surface area contributed by atoms with E-state index in [2.05, 4.69) is 104 Å². The highest BCUT2D eigenvalue weighted by Crippen LogP contribution is 2.45. The third-order valence-electron chi connectivity index (χ3n) is 9.15. The summed E-state index contributed by atoms with van der Waals surface area (Å²) in [5.41, 5.74) is 2.87. The summed E-state index contributed by atoms with van der Waals surface area (Å²) in [6.07, 6.45) is 27.6. The fourth-order valence-corrected chi connectivity index (χ4v) is 6.91. The zero-order valence-corrected chi connectivity index (χ0v) is 26.3. The second-order valence-electron chi connectivity index (χ2n) is 12.2. The molecular formula is C38H60N2. The van der Waals surface area contributed by atoms with Gasteiger partial charge in [0.15, 0.2) is 0 Å². The molecule has 222 valence electrons. The summed E-state index contributed by atoms with van der Waals surface area (Å²) in [5.74, 6) is 0.447. The molecule has 2 atom stereocenters. The van der Waals surface area contributed by atoms with Crippen molar-refractivity contribution in [1.29, 1.82) is 0 Å². The lowest BCUT2D eigenvalue weighted by Gasteiger charge is -2.51. The SMILES string of the molecule is CCCCCCCCCCCCCN1C=CN(CCCCCC)C1(Cc1ccccc1)C(CC)c1ccccc1. The number of nitrogens with zero attached hydrogens (tertiary/aromatic N) is 2. The Balaban J connectivity index is 1.71. The largest absolute Gasteiger partial charge is 0.353 e. The van der Waals surface area contributed by atoms with Crippen molar-refractivity contribution in [2.45, 2.75) is 142 Å². The van der Waals surface area contributed by atoms with E-state index in [1.807, 2.05) is 0 Å². The van der Waals surface area contributed by atoms with E-state index in [1.165, 1.54) is 107 Å². The van der Waals surface area contributed by atoms with Gasteiger partial charge in [-0.15, -0.1) is 0 Å². The molecule has 0 amide bonds. The lowest BCUT2D eigenvalue weighted by molar-refractivity contribution is -0.00377. The van der Waals surface area contributed by atoms with Crippen LogP contribution < -0.4 is 0 Å². The standard InChI is InChI=1S/C38H60N2/c1-4-7-9-11-12-13-14-15-16-17-25-31-40-33-32-39(30-24-10-8-5-2)38(40,34-35-26-20-18-21-27-35)37(6-3)36-28-22-19-23-29-36/h18-23,26-29,32-33,37H,4-17,24-25,30-31,34H2,1-3H3. The van der Waals surface area contributed by atoms with Gasteiger partial charge < -0.3 is 9.80 Å². The Morgan fingerprint density at radius 3 is 1.43 bits per heavy atom. The number of rotatable bonds is 22. The summed E-state index contributed by atoms with van der Waals surface area (Å²) in [7, 11) is 0. The van der Waals surface area contributed by atoms with Gasteiger partial charge in [0.05, 0.1) is 0 Å². The molecule has 2 nitrogen and oxygen atoms in total. The van der Waals surface area contributed by atoms with Gasteiger partial charge in [-0.25, -0.2) is 0 Å². The second-order valence-corrected chi connectivity index (χ2v) is 12.2. The van der Waals surface area contributed by atoms with E-state index >= 15 is 0 Å². The maximum Gasteiger partial charge on any atom is 0.123 e. The molecule has 0 bridgehead atoms. The van der Waals surface area contributed by atoms with E-state index < -0.39 is 0 Å². The van der Waals surface area contributed by atoms with Crippen LogP contribution in [0.3, 0.4) is 0 Å². The van der Waals surface area contributed by atoms with Gasteiger partial charge in [-0.05, 0) is 30.4 Å². The van der Waals surface area contributed by atoms with Crippen LogP contribution in [0.25, 0.3) is 0 Å². The molecule has 0 aromatic heterocycles. The van der Waals surface area contributed by atoms with Gasteiger partial charge in [-0.2, -0.15) is 0 Å². The van der Waals surface area contributed by atoms with Gasteiger partial charge in [0.2, 0.25) is 0 Å². The Labute approximate surface area is 248 Å². The molecule has 40 heavy (non-hydrogen) atoms. The van der Waals surface area contributed by atoms with Crippen LogP contribution in [0.4, 0.5) is 0 Å². The molecule has 0 radical (unpaired) electrons. The molecule has 2 aromatic rings. The van der Waals surface area contributed by atoms with Crippen molar-refractivity contribution < 1.29 is 0 Å². The van der Waals surface area contributed by atoms with Gasteiger partial charge in [0.25, 0.3) is 0 Å². The van der Waals surface area contributed by atoms with Crippen LogP contribution in [0.5, 0.6) is 0 Å². The average molecular weight is 545 g/mol.